The fourth-order valence-corrected chi connectivity index (χ4v) is 2.50. The van der Waals surface area contributed by atoms with Gasteiger partial charge in [-0.2, -0.15) is 0 Å². The zero-order valence-corrected chi connectivity index (χ0v) is 13.7. The van der Waals surface area contributed by atoms with E-state index in [1.54, 1.807) is 6.92 Å². The number of nitrogens with zero attached hydrogens (tertiary/aromatic N) is 2. The molecule has 24 heavy (non-hydrogen) atoms. The molecule has 1 unspecified atom stereocenters. The summed E-state index contributed by atoms with van der Waals surface area (Å²) < 4.78 is 0. The van der Waals surface area contributed by atoms with Crippen LogP contribution in [0, 0.1) is 0 Å². The van der Waals surface area contributed by atoms with Crippen molar-refractivity contribution < 1.29 is 24.6 Å². The number of rotatable bonds is 4. The number of carboxylic acid groups (broad SMARTS) is 2. The largest absolute Gasteiger partial charge is 0.545 e. The maximum atomic E-state index is 11.7. The molecule has 130 valence electrons. The Balaban J connectivity index is 0.000000307. The standard InChI is InChI=1S/C13H18N2O.C4H4O4/c1-11(16)15(12-6-4-3-5-7-12)13-8-9-14(2)10-13;5-3(6)1-2-4(7)8/h3-7,13H,8-10H2,1-2H3;1-2H,(H,5,6)(H,7,8)/p-2/b;2-1+. The number of aliphatic carboxylic acids is 2. The second-order valence-corrected chi connectivity index (χ2v) is 5.40. The Hall–Kier alpha value is -2.67. The molecule has 7 heteroatoms. The van der Waals surface area contributed by atoms with E-state index in [-0.39, 0.29) is 5.91 Å². The van der Waals surface area contributed by atoms with Crippen LogP contribution in [-0.2, 0) is 14.4 Å². The maximum Gasteiger partial charge on any atom is 0.224 e. The van der Waals surface area contributed by atoms with Crippen LogP contribution in [0.2, 0.25) is 0 Å². The van der Waals surface area contributed by atoms with Gasteiger partial charge in [0.05, 0.1) is 18.0 Å². The van der Waals surface area contributed by atoms with E-state index < -0.39 is 11.9 Å². The summed E-state index contributed by atoms with van der Waals surface area (Å²) in [5.74, 6) is -2.96. The third-order valence-electron chi connectivity index (χ3n) is 3.46. The third-order valence-corrected chi connectivity index (χ3v) is 3.46. The van der Waals surface area contributed by atoms with Crippen molar-refractivity contribution in [3.05, 3.63) is 42.5 Å². The van der Waals surface area contributed by atoms with Gasteiger partial charge in [0, 0.05) is 19.2 Å². The van der Waals surface area contributed by atoms with Gasteiger partial charge in [-0.15, -0.1) is 0 Å². The van der Waals surface area contributed by atoms with E-state index >= 15 is 0 Å². The number of likely N-dealkylation sites (tertiary alicyclic amines) is 1. The summed E-state index contributed by atoms with van der Waals surface area (Å²) in [6.45, 7) is 3.68. The van der Waals surface area contributed by atoms with Crippen molar-refractivity contribution >= 4 is 23.5 Å². The van der Waals surface area contributed by atoms with E-state index in [1.165, 1.54) is 0 Å². The lowest BCUT2D eigenvalue weighted by molar-refractivity contribution is -0.301. The number of benzene rings is 1. The maximum absolute atomic E-state index is 11.7. The van der Waals surface area contributed by atoms with Crippen LogP contribution in [0.25, 0.3) is 0 Å². The Morgan fingerprint density at radius 1 is 1.12 bits per heavy atom. The Morgan fingerprint density at radius 2 is 1.67 bits per heavy atom. The molecule has 0 aromatic heterocycles. The van der Waals surface area contributed by atoms with Gasteiger partial charge in [-0.05, 0) is 44.3 Å². The number of amides is 1. The molecule has 1 aromatic rings. The summed E-state index contributed by atoms with van der Waals surface area (Å²) in [5.41, 5.74) is 1.01. The monoisotopic (exact) mass is 332 g/mol. The van der Waals surface area contributed by atoms with Crippen molar-refractivity contribution in [1.29, 1.82) is 0 Å². The first-order chi connectivity index (χ1) is 11.3. The average molecular weight is 332 g/mol. The third kappa shape index (κ3) is 6.62. The van der Waals surface area contributed by atoms with Gasteiger partial charge in [-0.25, -0.2) is 0 Å². The predicted octanol–water partition coefficient (Wildman–Crippen LogP) is -1.21. The molecule has 0 saturated carbocycles. The van der Waals surface area contributed by atoms with Gasteiger partial charge in [-0.1, -0.05) is 18.2 Å². The SMILES string of the molecule is CC(=O)N(c1ccccc1)C1CCN(C)C1.O=C([O-])/C=C/C(=O)[O-]. The van der Waals surface area contributed by atoms with Crippen LogP contribution in [-0.4, -0.2) is 48.9 Å². The summed E-state index contributed by atoms with van der Waals surface area (Å²) >= 11 is 0. The highest BCUT2D eigenvalue weighted by Gasteiger charge is 2.28. The van der Waals surface area contributed by atoms with Gasteiger partial charge in [0.2, 0.25) is 5.91 Å². The average Bonchev–Trinajstić information content (AvgIpc) is 2.93. The number of carbonyl (C=O) groups excluding carboxylic acids is 3. The Bertz CT molecular complexity index is 584. The number of hydrogen-bond acceptors (Lipinski definition) is 6. The minimum Gasteiger partial charge on any atom is -0.545 e. The highest BCUT2D eigenvalue weighted by atomic mass is 16.4. The first-order valence-corrected chi connectivity index (χ1v) is 7.44. The van der Waals surface area contributed by atoms with Crippen LogP contribution in [0.3, 0.4) is 0 Å². The quantitative estimate of drug-likeness (QED) is 0.641. The van der Waals surface area contributed by atoms with Gasteiger partial charge in [-0.3, -0.25) is 4.79 Å². The topological polar surface area (TPSA) is 104 Å². The molecule has 1 aliphatic heterocycles. The zero-order valence-electron chi connectivity index (χ0n) is 13.7. The van der Waals surface area contributed by atoms with E-state index in [0.29, 0.717) is 18.2 Å². The van der Waals surface area contributed by atoms with Crippen LogP contribution in [0.5, 0.6) is 0 Å². The highest BCUT2D eigenvalue weighted by Crippen LogP contribution is 2.22. The summed E-state index contributed by atoms with van der Waals surface area (Å²) in [6.07, 6.45) is 1.83. The zero-order chi connectivity index (χ0) is 18.1. The molecule has 1 saturated heterocycles. The van der Waals surface area contributed by atoms with Crippen LogP contribution in [0.1, 0.15) is 13.3 Å². The van der Waals surface area contributed by atoms with Gasteiger partial charge in [0.15, 0.2) is 0 Å². The summed E-state index contributed by atoms with van der Waals surface area (Å²) in [4.78, 5) is 34.8. The van der Waals surface area contributed by atoms with E-state index in [4.69, 9.17) is 0 Å². The van der Waals surface area contributed by atoms with Gasteiger partial charge in [0.1, 0.15) is 0 Å². The molecular weight excluding hydrogens is 312 g/mol. The lowest BCUT2D eigenvalue weighted by Crippen LogP contribution is -2.40. The number of carboxylic acids is 2. The molecule has 0 spiro atoms. The van der Waals surface area contributed by atoms with Crippen LogP contribution < -0.4 is 15.1 Å². The summed E-state index contributed by atoms with van der Waals surface area (Å²) in [5, 5.41) is 18.8. The highest BCUT2D eigenvalue weighted by molar-refractivity contribution is 5.92. The molecule has 1 atom stereocenters. The molecule has 1 amide bonds. The molecule has 1 aliphatic rings. The number of likely N-dealkylation sites (N-methyl/N-ethyl adjacent to an activating group) is 1. The van der Waals surface area contributed by atoms with Gasteiger partial charge < -0.3 is 29.6 Å². The molecule has 0 aliphatic carbocycles. The number of para-hydroxylation sites is 1. The Morgan fingerprint density at radius 3 is 2.04 bits per heavy atom. The van der Waals surface area contributed by atoms with E-state index in [0.717, 1.165) is 25.2 Å². The Kier molecular flexibility index (Phi) is 7.64. The molecule has 1 heterocycles. The molecule has 7 nitrogen and oxygen atoms in total. The molecule has 0 N–H and O–H groups in total. The lowest BCUT2D eigenvalue weighted by Gasteiger charge is -2.27. The first kappa shape index (κ1) is 19.4. The van der Waals surface area contributed by atoms with E-state index in [9.17, 15) is 24.6 Å². The predicted molar refractivity (Wildman–Crippen MR) is 84.7 cm³/mol. The summed E-state index contributed by atoms with van der Waals surface area (Å²) in [6, 6.07) is 10.3. The first-order valence-electron chi connectivity index (χ1n) is 7.44. The van der Waals surface area contributed by atoms with Crippen LogP contribution in [0.4, 0.5) is 5.69 Å². The van der Waals surface area contributed by atoms with Gasteiger partial charge >= 0.3 is 0 Å². The van der Waals surface area contributed by atoms with E-state index in [2.05, 4.69) is 11.9 Å². The normalized spacial score (nSPS) is 17.2. The fraction of sp³-hybridized carbons (Fsp3) is 0.353. The molecule has 2 rings (SSSR count). The minimum absolute atomic E-state index is 0.131. The molecule has 0 bridgehead atoms. The second kappa shape index (κ2) is 9.46. The smallest absolute Gasteiger partial charge is 0.224 e. The van der Waals surface area contributed by atoms with Gasteiger partial charge in [0.25, 0.3) is 0 Å². The second-order valence-electron chi connectivity index (χ2n) is 5.40. The number of anilines is 1. The molecular formula is C17H20N2O5-2. The van der Waals surface area contributed by atoms with Crippen molar-refractivity contribution in [2.75, 3.05) is 25.0 Å². The van der Waals surface area contributed by atoms with Crippen LogP contribution >= 0.6 is 0 Å². The molecule has 1 fully saturated rings. The van der Waals surface area contributed by atoms with E-state index in [1.807, 2.05) is 35.2 Å². The minimum atomic E-state index is -1.55. The van der Waals surface area contributed by atoms with Crippen molar-refractivity contribution in [2.45, 2.75) is 19.4 Å². The van der Waals surface area contributed by atoms with Crippen molar-refractivity contribution in [1.82, 2.24) is 4.90 Å². The Labute approximate surface area is 140 Å². The van der Waals surface area contributed by atoms with Crippen molar-refractivity contribution in [3.8, 4) is 0 Å². The fourth-order valence-electron chi connectivity index (χ4n) is 2.50. The van der Waals surface area contributed by atoms with Crippen LogP contribution in [0.15, 0.2) is 42.5 Å². The molecule has 0 radical (unpaired) electrons. The summed E-state index contributed by atoms with van der Waals surface area (Å²) in [7, 11) is 2.10. The number of hydrogen-bond donors (Lipinski definition) is 0. The molecule has 1 aromatic carbocycles. The number of carbonyl (C=O) groups is 3. The lowest BCUT2D eigenvalue weighted by atomic mass is 10.2. The van der Waals surface area contributed by atoms with Crippen molar-refractivity contribution in [3.63, 3.8) is 0 Å². The van der Waals surface area contributed by atoms with Crippen molar-refractivity contribution in [2.24, 2.45) is 0 Å².